The van der Waals surface area contributed by atoms with Crippen molar-refractivity contribution in [1.82, 2.24) is 14.7 Å². The summed E-state index contributed by atoms with van der Waals surface area (Å²) < 4.78 is 0. The van der Waals surface area contributed by atoms with Gasteiger partial charge in [0.2, 0.25) is 11.8 Å². The maximum atomic E-state index is 12.3. The molecule has 2 aliphatic rings. The molecule has 0 N–H and O–H groups in total. The fraction of sp³-hybridized carbons (Fsp3) is 0.889. The fourth-order valence-electron chi connectivity index (χ4n) is 3.53. The molecule has 1 aliphatic heterocycles. The first-order chi connectivity index (χ1) is 11.0. The van der Waals surface area contributed by atoms with Crippen molar-refractivity contribution in [3.63, 3.8) is 0 Å². The maximum absolute atomic E-state index is 12.3. The minimum absolute atomic E-state index is 0.168. The van der Waals surface area contributed by atoms with Crippen molar-refractivity contribution in [3.05, 3.63) is 0 Å². The third-order valence-corrected chi connectivity index (χ3v) is 5.49. The monoisotopic (exact) mass is 323 g/mol. The van der Waals surface area contributed by atoms with Crippen LogP contribution in [-0.4, -0.2) is 72.3 Å². The molecule has 5 nitrogen and oxygen atoms in total. The highest BCUT2D eigenvalue weighted by Crippen LogP contribution is 2.28. The lowest BCUT2D eigenvalue weighted by Crippen LogP contribution is -2.51. The molecule has 0 atom stereocenters. The summed E-state index contributed by atoms with van der Waals surface area (Å²) in [6.07, 6.45) is 7.09. The Morgan fingerprint density at radius 2 is 1.70 bits per heavy atom. The summed E-state index contributed by atoms with van der Waals surface area (Å²) in [6.45, 7) is 7.68. The van der Waals surface area contributed by atoms with Crippen molar-refractivity contribution >= 4 is 11.8 Å². The van der Waals surface area contributed by atoms with Gasteiger partial charge in [-0.2, -0.15) is 0 Å². The largest absolute Gasteiger partial charge is 0.342 e. The predicted molar refractivity (Wildman–Crippen MR) is 92.1 cm³/mol. The van der Waals surface area contributed by atoms with E-state index in [1.54, 1.807) is 4.90 Å². The van der Waals surface area contributed by atoms with Gasteiger partial charge >= 0.3 is 0 Å². The average Bonchev–Trinajstić information content (AvgIpc) is 3.05. The molecular formula is C18H33N3O2. The van der Waals surface area contributed by atoms with Gasteiger partial charge in [0.05, 0.1) is 6.54 Å². The smallest absolute Gasteiger partial charge is 0.236 e. The Morgan fingerprint density at radius 3 is 2.26 bits per heavy atom. The Morgan fingerprint density at radius 1 is 1.09 bits per heavy atom. The highest BCUT2D eigenvalue weighted by atomic mass is 16.2. The lowest BCUT2D eigenvalue weighted by atomic mass is 10.0. The number of hydrogen-bond donors (Lipinski definition) is 0. The molecule has 23 heavy (non-hydrogen) atoms. The number of carbonyl (C=O) groups is 2. The lowest BCUT2D eigenvalue weighted by Gasteiger charge is -2.35. The zero-order valence-corrected chi connectivity index (χ0v) is 15.1. The standard InChI is InChI=1S/C18H33N3O2/c1-15(2)19(3)18(23)14-20-10-12-21(13-11-20)17(22)9-8-16-6-4-5-7-16/h15-16H,4-14H2,1-3H3. The Kier molecular flexibility index (Phi) is 6.88. The molecule has 2 amide bonds. The van der Waals surface area contributed by atoms with Gasteiger partial charge in [-0.3, -0.25) is 14.5 Å². The van der Waals surface area contributed by atoms with Gasteiger partial charge in [0.15, 0.2) is 0 Å². The van der Waals surface area contributed by atoms with Crippen LogP contribution < -0.4 is 0 Å². The Balaban J connectivity index is 1.66. The molecule has 1 heterocycles. The van der Waals surface area contributed by atoms with Crippen LogP contribution in [0.5, 0.6) is 0 Å². The van der Waals surface area contributed by atoms with Crippen molar-refractivity contribution in [1.29, 1.82) is 0 Å². The van der Waals surface area contributed by atoms with E-state index in [0.717, 1.165) is 38.5 Å². The molecule has 0 radical (unpaired) electrons. The minimum atomic E-state index is 0.168. The van der Waals surface area contributed by atoms with Gasteiger partial charge in [-0.05, 0) is 26.2 Å². The summed E-state index contributed by atoms with van der Waals surface area (Å²) in [5.41, 5.74) is 0. The third-order valence-electron chi connectivity index (χ3n) is 5.49. The highest BCUT2D eigenvalue weighted by molar-refractivity contribution is 5.78. The van der Waals surface area contributed by atoms with Gasteiger partial charge in [0.25, 0.3) is 0 Å². The van der Waals surface area contributed by atoms with Crippen molar-refractivity contribution in [3.8, 4) is 0 Å². The zero-order chi connectivity index (χ0) is 16.8. The van der Waals surface area contributed by atoms with E-state index in [1.165, 1.54) is 25.7 Å². The second-order valence-corrected chi connectivity index (χ2v) is 7.44. The van der Waals surface area contributed by atoms with Crippen LogP contribution >= 0.6 is 0 Å². The molecule has 1 saturated heterocycles. The van der Waals surface area contributed by atoms with Crippen LogP contribution in [0, 0.1) is 5.92 Å². The number of carbonyl (C=O) groups excluding carboxylic acids is 2. The maximum Gasteiger partial charge on any atom is 0.236 e. The first-order valence-electron chi connectivity index (χ1n) is 9.23. The molecule has 132 valence electrons. The van der Waals surface area contributed by atoms with Gasteiger partial charge in [-0.25, -0.2) is 0 Å². The Labute approximate surface area is 141 Å². The Bertz CT molecular complexity index is 397. The van der Waals surface area contributed by atoms with Crippen molar-refractivity contribution in [2.45, 2.75) is 58.4 Å². The van der Waals surface area contributed by atoms with Gasteiger partial charge in [0.1, 0.15) is 0 Å². The fourth-order valence-corrected chi connectivity index (χ4v) is 3.53. The first-order valence-corrected chi connectivity index (χ1v) is 9.23. The van der Waals surface area contributed by atoms with Crippen LogP contribution in [0.4, 0.5) is 0 Å². The molecule has 1 saturated carbocycles. The molecule has 0 unspecified atom stereocenters. The summed E-state index contributed by atoms with van der Waals surface area (Å²) in [7, 11) is 1.86. The number of nitrogens with zero attached hydrogens (tertiary/aromatic N) is 3. The van der Waals surface area contributed by atoms with E-state index in [4.69, 9.17) is 0 Å². The number of piperazine rings is 1. The van der Waals surface area contributed by atoms with Crippen molar-refractivity contribution in [2.75, 3.05) is 39.8 Å². The van der Waals surface area contributed by atoms with Gasteiger partial charge in [-0.15, -0.1) is 0 Å². The summed E-state index contributed by atoms with van der Waals surface area (Å²) in [6, 6.07) is 0.237. The number of hydrogen-bond acceptors (Lipinski definition) is 3. The van der Waals surface area contributed by atoms with Crippen LogP contribution in [0.2, 0.25) is 0 Å². The summed E-state index contributed by atoms with van der Waals surface area (Å²) >= 11 is 0. The number of rotatable bonds is 6. The van der Waals surface area contributed by atoms with E-state index in [-0.39, 0.29) is 11.9 Å². The highest BCUT2D eigenvalue weighted by Gasteiger charge is 2.24. The van der Waals surface area contributed by atoms with Crippen LogP contribution in [0.15, 0.2) is 0 Å². The second kappa shape index (κ2) is 8.67. The molecule has 2 fully saturated rings. The lowest BCUT2D eigenvalue weighted by molar-refractivity contribution is -0.135. The normalized spacial score (nSPS) is 20.3. The van der Waals surface area contributed by atoms with Gasteiger partial charge < -0.3 is 9.80 Å². The molecular weight excluding hydrogens is 290 g/mol. The van der Waals surface area contributed by atoms with Crippen LogP contribution in [0.3, 0.4) is 0 Å². The van der Waals surface area contributed by atoms with E-state index < -0.39 is 0 Å². The van der Waals surface area contributed by atoms with Gasteiger partial charge in [0, 0.05) is 45.7 Å². The first kappa shape index (κ1) is 18.2. The number of amides is 2. The minimum Gasteiger partial charge on any atom is -0.342 e. The molecule has 0 aromatic heterocycles. The van der Waals surface area contributed by atoms with Crippen LogP contribution in [0.25, 0.3) is 0 Å². The Hall–Kier alpha value is -1.10. The summed E-state index contributed by atoms with van der Waals surface area (Å²) in [5, 5.41) is 0. The zero-order valence-electron chi connectivity index (χ0n) is 15.1. The quantitative estimate of drug-likeness (QED) is 0.750. The van der Waals surface area contributed by atoms with Crippen molar-refractivity contribution < 1.29 is 9.59 Å². The third kappa shape index (κ3) is 5.48. The topological polar surface area (TPSA) is 43.9 Å². The van der Waals surface area contributed by atoms with E-state index in [9.17, 15) is 9.59 Å². The molecule has 5 heteroatoms. The molecule has 0 aromatic rings. The molecule has 1 aliphatic carbocycles. The molecule has 0 aromatic carbocycles. The van der Waals surface area contributed by atoms with Crippen LogP contribution in [-0.2, 0) is 9.59 Å². The van der Waals surface area contributed by atoms with E-state index >= 15 is 0 Å². The molecule has 2 rings (SSSR count). The van der Waals surface area contributed by atoms with E-state index in [2.05, 4.69) is 4.90 Å². The predicted octanol–water partition coefficient (Wildman–Crippen LogP) is 1.97. The summed E-state index contributed by atoms with van der Waals surface area (Å²) in [5.74, 6) is 1.26. The van der Waals surface area contributed by atoms with E-state index in [1.807, 2.05) is 25.8 Å². The number of likely N-dealkylation sites (N-methyl/N-ethyl adjacent to an activating group) is 1. The average molecular weight is 323 g/mol. The van der Waals surface area contributed by atoms with E-state index in [0.29, 0.717) is 18.9 Å². The van der Waals surface area contributed by atoms with Crippen LogP contribution in [0.1, 0.15) is 52.4 Å². The van der Waals surface area contributed by atoms with Gasteiger partial charge in [-0.1, -0.05) is 25.7 Å². The SMILES string of the molecule is CC(C)N(C)C(=O)CN1CCN(C(=O)CCC2CCCC2)CC1. The molecule has 0 bridgehead atoms. The van der Waals surface area contributed by atoms with Crippen molar-refractivity contribution in [2.24, 2.45) is 5.92 Å². The summed E-state index contributed by atoms with van der Waals surface area (Å²) in [4.78, 5) is 30.4. The second-order valence-electron chi connectivity index (χ2n) is 7.44. The molecule has 0 spiro atoms.